The molecule has 0 fully saturated rings. The molecule has 0 bridgehead atoms. The van der Waals surface area contributed by atoms with E-state index in [1.54, 1.807) is 0 Å². The van der Waals surface area contributed by atoms with Crippen molar-refractivity contribution in [3.05, 3.63) is 228 Å². The van der Waals surface area contributed by atoms with Gasteiger partial charge in [0.2, 0.25) is 0 Å². The first-order valence-corrected chi connectivity index (χ1v) is 18.9. The first kappa shape index (κ1) is 29.7. The number of rotatable bonds is 4. The summed E-state index contributed by atoms with van der Waals surface area (Å²) < 4.78 is 4.79. The van der Waals surface area contributed by atoms with Gasteiger partial charge in [0.25, 0.3) is 0 Å². The number of aromatic nitrogens is 2. The molecule has 12 rings (SSSR count). The average Bonchev–Trinajstić information content (AvgIpc) is 3.76. The van der Waals surface area contributed by atoms with Gasteiger partial charge in [0.1, 0.15) is 0 Å². The summed E-state index contributed by atoms with van der Waals surface area (Å²) in [5.74, 6) is 0.581. The highest BCUT2D eigenvalue weighted by Crippen LogP contribution is 2.54. The van der Waals surface area contributed by atoms with E-state index in [1.807, 2.05) is 0 Å². The highest BCUT2D eigenvalue weighted by atomic mass is 15.0. The van der Waals surface area contributed by atoms with Crippen LogP contribution in [0.15, 0.2) is 216 Å². The van der Waals surface area contributed by atoms with Crippen LogP contribution in [0.5, 0.6) is 0 Å². The number of fused-ring (bicyclic) bond motifs is 6. The van der Waals surface area contributed by atoms with Crippen molar-refractivity contribution >= 4 is 54.8 Å². The van der Waals surface area contributed by atoms with E-state index in [1.165, 1.54) is 99.6 Å². The summed E-state index contributed by atoms with van der Waals surface area (Å²) in [5, 5.41) is 5.14. The Labute approximate surface area is 313 Å². The molecular weight excluding hydrogens is 653 g/mol. The molecule has 0 N–H and O–H groups in total. The molecule has 8 aromatic rings. The topological polar surface area (TPSA) is 9.86 Å². The van der Waals surface area contributed by atoms with Crippen molar-refractivity contribution in [1.82, 2.24) is 9.13 Å². The Bertz CT molecular complexity index is 3020. The molecule has 6 aromatic carbocycles. The highest BCUT2D eigenvalue weighted by Gasteiger charge is 2.40. The van der Waals surface area contributed by atoms with Crippen LogP contribution in [0.2, 0.25) is 0 Å². The van der Waals surface area contributed by atoms with E-state index in [0.29, 0.717) is 11.8 Å². The molecule has 0 amide bonds. The minimum absolute atomic E-state index is 0.291. The number of para-hydroxylation sites is 4. The van der Waals surface area contributed by atoms with Gasteiger partial charge >= 0.3 is 0 Å². The van der Waals surface area contributed by atoms with Gasteiger partial charge in [0.15, 0.2) is 0 Å². The van der Waals surface area contributed by atoms with E-state index in [2.05, 4.69) is 203 Å². The lowest BCUT2D eigenvalue weighted by Crippen LogP contribution is -2.30. The standard InChI is InChI=1S/C52H34N2/c1-5-13-47-41(9-1)42-10-2-6-14-48(42)53(47)37-25-17-33(18-26-37)39-29-21-35-24-32-46-40(30-22-36-23-31-45(39)51(35)52(36)46)34-19-27-38(28-20-34)54-49-15-7-3-11-43(49)44-12-4-8-16-50(44)54/h1-32,51-52H. The Balaban J connectivity index is 0.901. The van der Waals surface area contributed by atoms with Crippen LogP contribution >= 0.6 is 0 Å². The van der Waals surface area contributed by atoms with Crippen molar-refractivity contribution in [2.45, 2.75) is 0 Å². The quantitative estimate of drug-likeness (QED) is 0.174. The first-order chi connectivity index (χ1) is 26.8. The smallest absolute Gasteiger partial charge is 0.0541 e. The molecule has 2 nitrogen and oxygen atoms in total. The van der Waals surface area contributed by atoms with Crippen LogP contribution in [0, 0.1) is 11.8 Å². The summed E-state index contributed by atoms with van der Waals surface area (Å²) in [6.45, 7) is 0. The zero-order valence-corrected chi connectivity index (χ0v) is 29.5. The molecule has 0 spiro atoms. The molecular formula is C52H34N2. The molecule has 4 aliphatic rings. The number of benzene rings is 6. The summed E-state index contributed by atoms with van der Waals surface area (Å²) >= 11 is 0. The van der Waals surface area contributed by atoms with Gasteiger partial charge in [0, 0.05) is 44.8 Å². The lowest BCUT2D eigenvalue weighted by Gasteiger charge is -2.42. The predicted molar refractivity (Wildman–Crippen MR) is 226 cm³/mol. The maximum atomic E-state index is 2.39. The molecule has 0 saturated carbocycles. The van der Waals surface area contributed by atoms with E-state index in [4.69, 9.17) is 0 Å². The molecule has 2 aromatic heterocycles. The Morgan fingerprint density at radius 1 is 0.352 bits per heavy atom. The fraction of sp³-hybridized carbons (Fsp3) is 0.0385. The largest absolute Gasteiger partial charge is 0.309 e. The van der Waals surface area contributed by atoms with Gasteiger partial charge < -0.3 is 9.13 Å². The van der Waals surface area contributed by atoms with Gasteiger partial charge in [-0.25, -0.2) is 0 Å². The minimum atomic E-state index is 0.291. The fourth-order valence-electron chi connectivity index (χ4n) is 9.78. The van der Waals surface area contributed by atoms with Gasteiger partial charge in [0.05, 0.1) is 22.1 Å². The zero-order chi connectivity index (χ0) is 35.3. The summed E-state index contributed by atoms with van der Waals surface area (Å²) in [6, 6.07) is 53.3. The molecule has 4 aliphatic carbocycles. The lowest BCUT2D eigenvalue weighted by atomic mass is 9.61. The van der Waals surface area contributed by atoms with Crippen molar-refractivity contribution in [3.8, 4) is 11.4 Å². The van der Waals surface area contributed by atoms with Gasteiger partial charge in [-0.05, 0) is 93.1 Å². The fourth-order valence-corrected chi connectivity index (χ4v) is 9.78. The van der Waals surface area contributed by atoms with Crippen LogP contribution in [0.25, 0.3) is 66.1 Å². The van der Waals surface area contributed by atoms with Gasteiger partial charge in [-0.15, -0.1) is 0 Å². The number of hydrogen-bond acceptors (Lipinski definition) is 0. The second kappa shape index (κ2) is 11.3. The predicted octanol–water partition coefficient (Wildman–Crippen LogP) is 12.9. The summed E-state index contributed by atoms with van der Waals surface area (Å²) in [5.41, 5.74) is 18.0. The highest BCUT2D eigenvalue weighted by molar-refractivity contribution is 6.10. The van der Waals surface area contributed by atoms with Crippen molar-refractivity contribution in [2.75, 3.05) is 0 Å². The summed E-state index contributed by atoms with van der Waals surface area (Å²) in [6.07, 6.45) is 18.8. The number of hydrogen-bond donors (Lipinski definition) is 0. The molecule has 0 radical (unpaired) electrons. The molecule has 252 valence electrons. The Kier molecular flexibility index (Phi) is 6.20. The minimum Gasteiger partial charge on any atom is -0.309 e. The van der Waals surface area contributed by atoms with Crippen LogP contribution in [-0.4, -0.2) is 9.13 Å². The molecule has 0 saturated heterocycles. The Morgan fingerprint density at radius 3 is 1.33 bits per heavy atom. The number of allylic oxidation sites excluding steroid dienone is 14. The van der Waals surface area contributed by atoms with E-state index in [9.17, 15) is 0 Å². The molecule has 54 heavy (non-hydrogen) atoms. The van der Waals surface area contributed by atoms with Crippen LogP contribution in [0.4, 0.5) is 0 Å². The third-order valence-corrected chi connectivity index (χ3v) is 12.2. The molecule has 0 aliphatic heterocycles. The maximum absolute atomic E-state index is 2.39. The average molecular weight is 687 g/mol. The Hall–Kier alpha value is -6.90. The summed E-state index contributed by atoms with van der Waals surface area (Å²) in [7, 11) is 0. The molecule has 2 unspecified atom stereocenters. The maximum Gasteiger partial charge on any atom is 0.0541 e. The molecule has 2 heteroatoms. The van der Waals surface area contributed by atoms with Crippen LogP contribution in [0.1, 0.15) is 11.1 Å². The molecule has 2 atom stereocenters. The van der Waals surface area contributed by atoms with Crippen molar-refractivity contribution in [3.63, 3.8) is 0 Å². The van der Waals surface area contributed by atoms with E-state index < -0.39 is 0 Å². The SMILES string of the molecule is C1=CC2=C(c3ccc(-n4c5ccccc5c5ccccc54)cc3)C=CC3=CC=C4C(c5ccc(-n6c7ccccc7c7ccccc76)cc5)=CC=C1C4C32. The number of nitrogens with zero attached hydrogens (tertiary/aromatic N) is 2. The second-order valence-corrected chi connectivity index (χ2v) is 14.9. The van der Waals surface area contributed by atoms with E-state index >= 15 is 0 Å². The first-order valence-electron chi connectivity index (χ1n) is 18.9. The Morgan fingerprint density at radius 2 is 0.796 bits per heavy atom. The van der Waals surface area contributed by atoms with E-state index in [0.717, 1.165) is 0 Å². The van der Waals surface area contributed by atoms with Crippen molar-refractivity contribution in [2.24, 2.45) is 11.8 Å². The molecule has 2 heterocycles. The van der Waals surface area contributed by atoms with Gasteiger partial charge in [-0.3, -0.25) is 0 Å². The van der Waals surface area contributed by atoms with Crippen molar-refractivity contribution < 1.29 is 0 Å². The third kappa shape index (κ3) is 4.17. The monoisotopic (exact) mass is 686 g/mol. The van der Waals surface area contributed by atoms with Gasteiger partial charge in [-0.2, -0.15) is 0 Å². The van der Waals surface area contributed by atoms with E-state index in [-0.39, 0.29) is 0 Å². The van der Waals surface area contributed by atoms with Crippen LogP contribution in [-0.2, 0) is 0 Å². The summed E-state index contributed by atoms with van der Waals surface area (Å²) in [4.78, 5) is 0. The second-order valence-electron chi connectivity index (χ2n) is 14.9. The van der Waals surface area contributed by atoms with Gasteiger partial charge in [-0.1, -0.05) is 146 Å². The zero-order valence-electron chi connectivity index (χ0n) is 29.5. The normalized spacial score (nSPS) is 18.6. The third-order valence-electron chi connectivity index (χ3n) is 12.2. The van der Waals surface area contributed by atoms with Crippen LogP contribution < -0.4 is 0 Å². The lowest BCUT2D eigenvalue weighted by molar-refractivity contribution is 0.569. The van der Waals surface area contributed by atoms with Crippen LogP contribution in [0.3, 0.4) is 0 Å². The van der Waals surface area contributed by atoms with Crippen molar-refractivity contribution in [1.29, 1.82) is 0 Å².